The van der Waals surface area contributed by atoms with Crippen molar-refractivity contribution in [2.45, 2.75) is 71.6 Å². The summed E-state index contributed by atoms with van der Waals surface area (Å²) >= 11 is 0. The number of hydrogen-bond donors (Lipinski definition) is 0. The standard InChI is InChI=1S/C27H37NO2.H2/c1-6-21(24-16-9-11-18-27(24)30-5)13-8-10-17-26(29)23-15-12-14-22(7-2)25(19-23)20(3)28-4;/h9,11-12,15-16,18-19,21H,6-8,10,13-14,17H2,1-5H3;1H. The highest BCUT2D eigenvalue weighted by atomic mass is 16.5. The number of hydrogen-bond acceptors (Lipinski definition) is 3. The lowest BCUT2D eigenvalue weighted by molar-refractivity contribution is -0.115. The van der Waals surface area contributed by atoms with E-state index in [4.69, 9.17) is 4.74 Å². The second kappa shape index (κ2) is 12.3. The molecule has 0 aliphatic heterocycles. The molecule has 1 aliphatic rings. The SMILES string of the molecule is CCC1=C(C(C)=NC)C=C(C(=O)CCCCC(CC)c2ccccc2OC)C=CC1.[HH]. The summed E-state index contributed by atoms with van der Waals surface area (Å²) in [5.74, 6) is 1.67. The zero-order chi connectivity index (χ0) is 21.9. The number of aliphatic imine (C=N–C) groups is 1. The van der Waals surface area contributed by atoms with Gasteiger partial charge in [0.25, 0.3) is 0 Å². The van der Waals surface area contributed by atoms with Crippen molar-refractivity contribution in [1.29, 1.82) is 0 Å². The number of para-hydroxylation sites is 1. The third kappa shape index (κ3) is 6.29. The average molecular weight is 410 g/mol. The van der Waals surface area contributed by atoms with Gasteiger partial charge in [-0.05, 0) is 68.2 Å². The molecule has 1 aromatic rings. The van der Waals surface area contributed by atoms with Crippen LogP contribution in [0.4, 0.5) is 0 Å². The van der Waals surface area contributed by atoms with Crippen LogP contribution >= 0.6 is 0 Å². The minimum absolute atomic E-state index is 0. The van der Waals surface area contributed by atoms with E-state index in [1.54, 1.807) is 7.11 Å². The second-order valence-electron chi connectivity index (χ2n) is 7.90. The van der Waals surface area contributed by atoms with E-state index in [0.29, 0.717) is 12.3 Å². The zero-order valence-corrected chi connectivity index (χ0v) is 19.3. The van der Waals surface area contributed by atoms with Crippen LogP contribution in [0.2, 0.25) is 0 Å². The van der Waals surface area contributed by atoms with E-state index >= 15 is 0 Å². The van der Waals surface area contributed by atoms with Gasteiger partial charge in [-0.15, -0.1) is 0 Å². The van der Waals surface area contributed by atoms with Crippen LogP contribution in [0, 0.1) is 0 Å². The number of carbonyl (C=O) groups excluding carboxylic acids is 1. The predicted molar refractivity (Wildman–Crippen MR) is 130 cm³/mol. The Bertz CT molecular complexity index is 849. The first-order valence-corrected chi connectivity index (χ1v) is 11.3. The van der Waals surface area contributed by atoms with Crippen molar-refractivity contribution in [3.8, 4) is 5.75 Å². The number of benzene rings is 1. The fourth-order valence-electron chi connectivity index (χ4n) is 4.14. The lowest BCUT2D eigenvalue weighted by Gasteiger charge is -2.18. The van der Waals surface area contributed by atoms with Crippen LogP contribution in [0.15, 0.2) is 64.2 Å². The van der Waals surface area contributed by atoms with Gasteiger partial charge in [-0.2, -0.15) is 0 Å². The number of methoxy groups -OCH3 is 1. The van der Waals surface area contributed by atoms with Crippen LogP contribution in [0.25, 0.3) is 0 Å². The summed E-state index contributed by atoms with van der Waals surface area (Å²) in [6.07, 6.45) is 12.7. The normalized spacial score (nSPS) is 15.6. The fourth-order valence-corrected chi connectivity index (χ4v) is 4.14. The molecule has 0 saturated carbocycles. The first-order chi connectivity index (χ1) is 14.5. The number of carbonyl (C=O) groups is 1. The monoisotopic (exact) mass is 409 g/mol. The van der Waals surface area contributed by atoms with Gasteiger partial charge in [-0.25, -0.2) is 0 Å². The maximum Gasteiger partial charge on any atom is 0.162 e. The zero-order valence-electron chi connectivity index (χ0n) is 19.3. The Morgan fingerprint density at radius 2 is 2.00 bits per heavy atom. The quantitative estimate of drug-likeness (QED) is 0.285. The van der Waals surface area contributed by atoms with Gasteiger partial charge in [0.15, 0.2) is 5.78 Å². The van der Waals surface area contributed by atoms with Gasteiger partial charge in [0.2, 0.25) is 0 Å². The Labute approximate surface area is 184 Å². The molecule has 0 saturated heterocycles. The van der Waals surface area contributed by atoms with E-state index in [9.17, 15) is 4.79 Å². The van der Waals surface area contributed by atoms with E-state index in [1.165, 1.54) is 11.1 Å². The van der Waals surface area contributed by atoms with Crippen molar-refractivity contribution in [2.24, 2.45) is 4.99 Å². The minimum atomic E-state index is 0. The molecule has 0 spiro atoms. The van der Waals surface area contributed by atoms with Crippen LogP contribution in [0.5, 0.6) is 5.75 Å². The van der Waals surface area contributed by atoms with E-state index in [2.05, 4.69) is 43.1 Å². The highest BCUT2D eigenvalue weighted by molar-refractivity contribution is 6.05. The maximum atomic E-state index is 12.9. The van der Waals surface area contributed by atoms with Crippen molar-refractivity contribution >= 4 is 11.5 Å². The first kappa shape index (κ1) is 23.9. The van der Waals surface area contributed by atoms with Gasteiger partial charge in [-0.1, -0.05) is 56.2 Å². The summed E-state index contributed by atoms with van der Waals surface area (Å²) in [4.78, 5) is 17.2. The van der Waals surface area contributed by atoms with Crippen LogP contribution < -0.4 is 4.74 Å². The topological polar surface area (TPSA) is 38.7 Å². The van der Waals surface area contributed by atoms with Gasteiger partial charge >= 0.3 is 0 Å². The molecule has 3 heteroatoms. The van der Waals surface area contributed by atoms with E-state index in [1.807, 2.05) is 32.2 Å². The van der Waals surface area contributed by atoms with Gasteiger partial charge < -0.3 is 4.74 Å². The number of ketones is 1. The Hall–Kier alpha value is -2.42. The van der Waals surface area contributed by atoms with Gasteiger partial charge in [0, 0.05) is 26.2 Å². The average Bonchev–Trinajstić information content (AvgIpc) is 3.01. The molecule has 1 atom stereocenters. The number of allylic oxidation sites excluding steroid dienone is 6. The smallest absolute Gasteiger partial charge is 0.162 e. The molecule has 2 rings (SSSR count). The molecule has 30 heavy (non-hydrogen) atoms. The third-order valence-electron chi connectivity index (χ3n) is 6.09. The van der Waals surface area contributed by atoms with Crippen molar-refractivity contribution < 1.29 is 11.0 Å². The summed E-state index contributed by atoms with van der Waals surface area (Å²) < 4.78 is 5.54. The largest absolute Gasteiger partial charge is 0.496 e. The lowest BCUT2D eigenvalue weighted by Crippen LogP contribution is -2.05. The number of Topliss-reactive ketones (excluding diaryl/α,β-unsaturated/α-hetero) is 1. The Morgan fingerprint density at radius 1 is 1.23 bits per heavy atom. The summed E-state index contributed by atoms with van der Waals surface area (Å²) in [5, 5.41) is 0. The molecule has 1 aliphatic carbocycles. The summed E-state index contributed by atoms with van der Waals surface area (Å²) in [6, 6.07) is 8.28. The number of nitrogens with zero attached hydrogens (tertiary/aromatic N) is 1. The first-order valence-electron chi connectivity index (χ1n) is 11.3. The second-order valence-corrected chi connectivity index (χ2v) is 7.90. The van der Waals surface area contributed by atoms with Gasteiger partial charge in [0.05, 0.1) is 7.11 Å². The highest BCUT2D eigenvalue weighted by Gasteiger charge is 2.16. The molecule has 164 valence electrons. The molecule has 0 N–H and O–H groups in total. The fraction of sp³-hybridized carbons (Fsp3) is 0.481. The molecule has 1 aromatic carbocycles. The molecule has 0 aromatic heterocycles. The molecular formula is C27H39NO2. The van der Waals surface area contributed by atoms with Crippen molar-refractivity contribution in [3.63, 3.8) is 0 Å². The van der Waals surface area contributed by atoms with Crippen LogP contribution in [0.3, 0.4) is 0 Å². The minimum Gasteiger partial charge on any atom is -0.496 e. The molecular weight excluding hydrogens is 370 g/mol. The van der Waals surface area contributed by atoms with Gasteiger partial charge in [-0.3, -0.25) is 9.79 Å². The number of rotatable bonds is 11. The summed E-state index contributed by atoms with van der Waals surface area (Å²) in [5.41, 5.74) is 5.58. The lowest BCUT2D eigenvalue weighted by atomic mass is 9.90. The van der Waals surface area contributed by atoms with Gasteiger partial charge in [0.1, 0.15) is 5.75 Å². The van der Waals surface area contributed by atoms with E-state index < -0.39 is 0 Å². The maximum absolute atomic E-state index is 12.9. The Balaban J connectivity index is 0.00000480. The van der Waals surface area contributed by atoms with Crippen LogP contribution in [0.1, 0.15) is 78.6 Å². The number of ether oxygens (including phenoxy) is 1. The Morgan fingerprint density at radius 3 is 2.67 bits per heavy atom. The number of unbranched alkanes of at least 4 members (excludes halogenated alkanes) is 1. The molecule has 0 radical (unpaired) electrons. The van der Waals surface area contributed by atoms with E-state index in [0.717, 1.165) is 61.1 Å². The van der Waals surface area contributed by atoms with Crippen LogP contribution in [-0.2, 0) is 4.79 Å². The summed E-state index contributed by atoms with van der Waals surface area (Å²) in [6.45, 7) is 6.41. The Kier molecular flexibility index (Phi) is 9.79. The van der Waals surface area contributed by atoms with Crippen molar-refractivity contribution in [2.75, 3.05) is 14.2 Å². The summed E-state index contributed by atoms with van der Waals surface area (Å²) in [7, 11) is 3.55. The predicted octanol–water partition coefficient (Wildman–Crippen LogP) is 7.25. The highest BCUT2D eigenvalue weighted by Crippen LogP contribution is 2.32. The van der Waals surface area contributed by atoms with Crippen molar-refractivity contribution in [3.05, 3.63) is 64.8 Å². The van der Waals surface area contributed by atoms with Crippen molar-refractivity contribution in [1.82, 2.24) is 0 Å². The molecule has 0 bridgehead atoms. The third-order valence-corrected chi connectivity index (χ3v) is 6.09. The van der Waals surface area contributed by atoms with Crippen LogP contribution in [-0.4, -0.2) is 25.7 Å². The molecule has 0 fully saturated rings. The molecule has 1 unspecified atom stereocenters. The molecule has 3 nitrogen and oxygen atoms in total. The van der Waals surface area contributed by atoms with E-state index in [-0.39, 0.29) is 7.21 Å². The molecule has 0 heterocycles. The molecule has 0 amide bonds.